The van der Waals surface area contributed by atoms with Crippen molar-refractivity contribution >= 4 is 0 Å². The number of nitrogens with zero attached hydrogens (tertiary/aromatic N) is 3. The summed E-state index contributed by atoms with van der Waals surface area (Å²) in [6.07, 6.45) is 8.90. The molecule has 0 spiro atoms. The van der Waals surface area contributed by atoms with Crippen LogP contribution in [0.4, 0.5) is 0 Å². The van der Waals surface area contributed by atoms with Crippen LogP contribution in [-0.4, -0.2) is 41.1 Å². The quantitative estimate of drug-likeness (QED) is 0.797. The molecule has 0 aromatic carbocycles. The Balaban J connectivity index is 1.44. The van der Waals surface area contributed by atoms with Gasteiger partial charge in [-0.3, -0.25) is 0 Å². The molecule has 98 valence electrons. The van der Waals surface area contributed by atoms with Crippen LogP contribution in [0, 0.1) is 11.8 Å². The maximum absolute atomic E-state index is 5.67. The minimum atomic E-state index is 0.511. The third kappa shape index (κ3) is 3.42. The summed E-state index contributed by atoms with van der Waals surface area (Å²) >= 11 is 0. The van der Waals surface area contributed by atoms with Gasteiger partial charge in [-0.25, -0.2) is 9.97 Å². The fraction of sp³-hybridized carbons (Fsp3) is 0.714. The first-order valence-electron chi connectivity index (χ1n) is 7.02. The lowest BCUT2D eigenvalue weighted by molar-refractivity contribution is 0.122. The Morgan fingerprint density at radius 1 is 1.17 bits per heavy atom. The van der Waals surface area contributed by atoms with Crippen molar-refractivity contribution in [3.05, 3.63) is 18.5 Å². The number of piperidine rings is 1. The molecule has 0 amide bonds. The Hall–Kier alpha value is -1.16. The molecule has 1 saturated heterocycles. The van der Waals surface area contributed by atoms with Gasteiger partial charge in [-0.2, -0.15) is 0 Å². The predicted molar refractivity (Wildman–Crippen MR) is 69.4 cm³/mol. The molecule has 1 saturated carbocycles. The Morgan fingerprint density at radius 3 is 2.78 bits per heavy atom. The zero-order chi connectivity index (χ0) is 12.2. The Labute approximate surface area is 108 Å². The molecule has 4 nitrogen and oxygen atoms in total. The first-order chi connectivity index (χ1) is 8.90. The van der Waals surface area contributed by atoms with Crippen molar-refractivity contribution in [2.45, 2.75) is 25.7 Å². The summed E-state index contributed by atoms with van der Waals surface area (Å²) in [6.45, 7) is 4.52. The molecule has 1 aliphatic heterocycles. The van der Waals surface area contributed by atoms with Gasteiger partial charge in [-0.05, 0) is 44.2 Å². The highest BCUT2D eigenvalue weighted by molar-refractivity contribution is 4.93. The smallest absolute Gasteiger partial charge is 0.316 e. The SMILES string of the molecule is c1cnc(OCC2CCCN(CC3CC3)C2)nc1. The number of hydrogen-bond acceptors (Lipinski definition) is 4. The van der Waals surface area contributed by atoms with Crippen molar-refractivity contribution < 1.29 is 4.74 Å². The number of likely N-dealkylation sites (tertiary alicyclic amines) is 1. The van der Waals surface area contributed by atoms with E-state index >= 15 is 0 Å². The van der Waals surface area contributed by atoms with Crippen LogP contribution < -0.4 is 4.74 Å². The third-order valence-electron chi connectivity index (χ3n) is 3.81. The van der Waals surface area contributed by atoms with Crippen LogP contribution >= 0.6 is 0 Å². The third-order valence-corrected chi connectivity index (χ3v) is 3.81. The summed E-state index contributed by atoms with van der Waals surface area (Å²) in [6, 6.07) is 2.32. The summed E-state index contributed by atoms with van der Waals surface area (Å²) in [7, 11) is 0. The second-order valence-electron chi connectivity index (χ2n) is 5.55. The molecule has 4 heteroatoms. The minimum Gasteiger partial charge on any atom is -0.463 e. The molecule has 0 bridgehead atoms. The van der Waals surface area contributed by atoms with Gasteiger partial charge in [0.05, 0.1) is 6.61 Å². The second kappa shape index (κ2) is 5.65. The molecule has 18 heavy (non-hydrogen) atoms. The summed E-state index contributed by atoms with van der Waals surface area (Å²) < 4.78 is 5.67. The Kier molecular flexibility index (Phi) is 3.74. The predicted octanol–water partition coefficient (Wildman–Crippen LogP) is 1.98. The molecular weight excluding hydrogens is 226 g/mol. The van der Waals surface area contributed by atoms with Crippen LogP contribution in [-0.2, 0) is 0 Å². The second-order valence-corrected chi connectivity index (χ2v) is 5.55. The van der Waals surface area contributed by atoms with E-state index in [2.05, 4.69) is 14.9 Å². The zero-order valence-electron chi connectivity index (χ0n) is 10.8. The molecule has 3 rings (SSSR count). The number of aromatic nitrogens is 2. The largest absolute Gasteiger partial charge is 0.463 e. The van der Waals surface area contributed by atoms with Crippen LogP contribution in [0.15, 0.2) is 18.5 Å². The van der Waals surface area contributed by atoms with Gasteiger partial charge in [-0.1, -0.05) is 0 Å². The fourth-order valence-corrected chi connectivity index (χ4v) is 2.67. The monoisotopic (exact) mass is 247 g/mol. The van der Waals surface area contributed by atoms with Gasteiger partial charge >= 0.3 is 6.01 Å². The van der Waals surface area contributed by atoms with Gasteiger partial charge in [0.25, 0.3) is 0 Å². The summed E-state index contributed by atoms with van der Waals surface area (Å²) in [5.74, 6) is 1.63. The first-order valence-corrected chi connectivity index (χ1v) is 7.02. The van der Waals surface area contributed by atoms with Crippen molar-refractivity contribution in [1.82, 2.24) is 14.9 Å². The van der Waals surface area contributed by atoms with Gasteiger partial charge < -0.3 is 9.64 Å². The zero-order valence-corrected chi connectivity index (χ0v) is 10.8. The lowest BCUT2D eigenvalue weighted by atomic mass is 9.99. The highest BCUT2D eigenvalue weighted by Gasteiger charge is 2.27. The highest BCUT2D eigenvalue weighted by Crippen LogP contribution is 2.31. The maximum atomic E-state index is 5.67. The van der Waals surface area contributed by atoms with E-state index in [1.807, 2.05) is 6.07 Å². The van der Waals surface area contributed by atoms with Crippen LogP contribution in [0.25, 0.3) is 0 Å². The van der Waals surface area contributed by atoms with E-state index in [4.69, 9.17) is 4.74 Å². The maximum Gasteiger partial charge on any atom is 0.316 e. The molecule has 1 aliphatic carbocycles. The summed E-state index contributed by atoms with van der Waals surface area (Å²) in [5, 5.41) is 0. The van der Waals surface area contributed by atoms with Gasteiger partial charge in [0.1, 0.15) is 0 Å². The van der Waals surface area contributed by atoms with Crippen molar-refractivity contribution in [2.75, 3.05) is 26.2 Å². The molecular formula is C14H21N3O. The number of hydrogen-bond donors (Lipinski definition) is 0. The van der Waals surface area contributed by atoms with Gasteiger partial charge in [0.2, 0.25) is 0 Å². The topological polar surface area (TPSA) is 38.2 Å². The number of rotatable bonds is 5. The van der Waals surface area contributed by atoms with E-state index in [0.29, 0.717) is 11.9 Å². The van der Waals surface area contributed by atoms with Crippen LogP contribution in [0.5, 0.6) is 6.01 Å². The van der Waals surface area contributed by atoms with Crippen molar-refractivity contribution in [3.63, 3.8) is 0 Å². The minimum absolute atomic E-state index is 0.511. The molecule has 2 heterocycles. The van der Waals surface area contributed by atoms with E-state index in [-0.39, 0.29) is 0 Å². The summed E-state index contributed by atoms with van der Waals surface area (Å²) in [5.41, 5.74) is 0. The van der Waals surface area contributed by atoms with E-state index in [9.17, 15) is 0 Å². The van der Waals surface area contributed by atoms with E-state index < -0.39 is 0 Å². The fourth-order valence-electron chi connectivity index (χ4n) is 2.67. The molecule has 1 atom stereocenters. The molecule has 1 aromatic heterocycles. The van der Waals surface area contributed by atoms with E-state index in [0.717, 1.165) is 12.5 Å². The van der Waals surface area contributed by atoms with Crippen molar-refractivity contribution in [3.8, 4) is 6.01 Å². The van der Waals surface area contributed by atoms with Crippen LogP contribution in [0.3, 0.4) is 0 Å². The Bertz CT molecular complexity index is 367. The molecule has 2 fully saturated rings. The average molecular weight is 247 g/mol. The van der Waals surface area contributed by atoms with Crippen LogP contribution in [0.1, 0.15) is 25.7 Å². The first kappa shape index (κ1) is 11.9. The summed E-state index contributed by atoms with van der Waals surface area (Å²) in [4.78, 5) is 10.8. The van der Waals surface area contributed by atoms with Gasteiger partial charge in [0, 0.05) is 31.4 Å². The average Bonchev–Trinajstić information content (AvgIpc) is 3.22. The molecule has 0 radical (unpaired) electrons. The number of ether oxygens (including phenoxy) is 1. The van der Waals surface area contributed by atoms with E-state index in [1.54, 1.807) is 12.4 Å². The van der Waals surface area contributed by atoms with Crippen molar-refractivity contribution in [2.24, 2.45) is 11.8 Å². The van der Waals surface area contributed by atoms with E-state index in [1.165, 1.54) is 45.3 Å². The van der Waals surface area contributed by atoms with Crippen LogP contribution in [0.2, 0.25) is 0 Å². The lowest BCUT2D eigenvalue weighted by Crippen LogP contribution is -2.38. The lowest BCUT2D eigenvalue weighted by Gasteiger charge is -2.32. The normalized spacial score (nSPS) is 25.0. The molecule has 1 unspecified atom stereocenters. The molecule has 1 aromatic rings. The van der Waals surface area contributed by atoms with Gasteiger partial charge in [0.15, 0.2) is 0 Å². The van der Waals surface area contributed by atoms with Crippen molar-refractivity contribution in [1.29, 1.82) is 0 Å². The highest BCUT2D eigenvalue weighted by atomic mass is 16.5. The standard InChI is InChI=1S/C14H21N3O/c1-3-13(10-17(8-1)9-12-4-5-12)11-18-14-15-6-2-7-16-14/h2,6-7,12-13H,1,3-5,8-11H2. The Morgan fingerprint density at radius 2 is 2.00 bits per heavy atom. The van der Waals surface area contributed by atoms with Gasteiger partial charge in [-0.15, -0.1) is 0 Å². The molecule has 0 N–H and O–H groups in total. The molecule has 2 aliphatic rings.